The standard InChI is InChI=1S/C11H9FN2O2/c1-16-10-3-2-7(5-9(10)12)4-8(6-13)11(14)15/h2-5H,1H3,(H2,14,15)/b8-4+. The molecular weight excluding hydrogens is 211 g/mol. The van der Waals surface area contributed by atoms with Crippen LogP contribution in [0, 0.1) is 17.1 Å². The first-order valence-corrected chi connectivity index (χ1v) is 4.33. The average Bonchev–Trinajstić information content (AvgIpc) is 2.25. The van der Waals surface area contributed by atoms with Crippen LogP contribution in [0.4, 0.5) is 4.39 Å². The summed E-state index contributed by atoms with van der Waals surface area (Å²) in [4.78, 5) is 10.8. The van der Waals surface area contributed by atoms with Gasteiger partial charge in [0.2, 0.25) is 0 Å². The number of ether oxygens (including phenoxy) is 1. The van der Waals surface area contributed by atoms with Gasteiger partial charge in [-0.1, -0.05) is 6.07 Å². The lowest BCUT2D eigenvalue weighted by Gasteiger charge is -2.02. The summed E-state index contributed by atoms with van der Waals surface area (Å²) >= 11 is 0. The Kier molecular flexibility index (Phi) is 3.62. The number of nitriles is 1. The molecule has 0 spiro atoms. The number of benzene rings is 1. The lowest BCUT2D eigenvalue weighted by Crippen LogP contribution is -2.12. The molecule has 0 aromatic heterocycles. The molecule has 0 bridgehead atoms. The first-order valence-electron chi connectivity index (χ1n) is 4.33. The van der Waals surface area contributed by atoms with Gasteiger partial charge < -0.3 is 10.5 Å². The van der Waals surface area contributed by atoms with Crippen LogP contribution in [-0.2, 0) is 4.79 Å². The summed E-state index contributed by atoms with van der Waals surface area (Å²) in [5.74, 6) is -1.33. The number of primary amides is 1. The lowest BCUT2D eigenvalue weighted by molar-refractivity contribution is -0.114. The molecule has 0 aliphatic rings. The molecule has 16 heavy (non-hydrogen) atoms. The van der Waals surface area contributed by atoms with Crippen LogP contribution in [0.3, 0.4) is 0 Å². The third-order valence-corrected chi connectivity index (χ3v) is 1.87. The van der Waals surface area contributed by atoms with Gasteiger partial charge in [-0.05, 0) is 23.8 Å². The highest BCUT2D eigenvalue weighted by Crippen LogP contribution is 2.19. The number of rotatable bonds is 3. The number of hydrogen-bond donors (Lipinski definition) is 1. The number of carbonyl (C=O) groups excluding carboxylic acids is 1. The number of methoxy groups -OCH3 is 1. The minimum absolute atomic E-state index is 0.0923. The number of carbonyl (C=O) groups is 1. The first-order chi connectivity index (χ1) is 7.58. The first kappa shape index (κ1) is 11.7. The minimum Gasteiger partial charge on any atom is -0.494 e. The van der Waals surface area contributed by atoms with Crippen LogP contribution in [0.2, 0.25) is 0 Å². The second-order valence-corrected chi connectivity index (χ2v) is 2.93. The van der Waals surface area contributed by atoms with E-state index >= 15 is 0 Å². The molecule has 0 heterocycles. The van der Waals surface area contributed by atoms with Crippen molar-refractivity contribution in [2.75, 3.05) is 7.11 Å². The van der Waals surface area contributed by atoms with E-state index in [1.54, 1.807) is 6.07 Å². The molecule has 1 amide bonds. The smallest absolute Gasteiger partial charge is 0.259 e. The van der Waals surface area contributed by atoms with Gasteiger partial charge in [0, 0.05) is 0 Å². The molecule has 1 rings (SSSR count). The largest absolute Gasteiger partial charge is 0.494 e. The molecule has 0 fully saturated rings. The minimum atomic E-state index is -0.848. The zero-order chi connectivity index (χ0) is 12.1. The van der Waals surface area contributed by atoms with Gasteiger partial charge in [0.05, 0.1) is 7.11 Å². The van der Waals surface area contributed by atoms with Gasteiger partial charge in [-0.3, -0.25) is 4.79 Å². The van der Waals surface area contributed by atoms with Gasteiger partial charge in [-0.2, -0.15) is 5.26 Å². The van der Waals surface area contributed by atoms with E-state index in [-0.39, 0.29) is 11.3 Å². The fourth-order valence-electron chi connectivity index (χ4n) is 1.10. The fraction of sp³-hybridized carbons (Fsp3) is 0.0909. The van der Waals surface area contributed by atoms with Crippen molar-refractivity contribution in [1.82, 2.24) is 0 Å². The molecule has 5 heteroatoms. The molecule has 0 radical (unpaired) electrons. The number of nitrogens with two attached hydrogens (primary N) is 1. The molecule has 82 valence electrons. The van der Waals surface area contributed by atoms with Crippen molar-refractivity contribution in [3.8, 4) is 11.8 Å². The summed E-state index contributed by atoms with van der Waals surface area (Å²) in [6, 6.07) is 5.70. The van der Waals surface area contributed by atoms with E-state index in [9.17, 15) is 9.18 Å². The van der Waals surface area contributed by atoms with Crippen molar-refractivity contribution in [3.05, 3.63) is 35.2 Å². The number of hydrogen-bond acceptors (Lipinski definition) is 3. The molecule has 0 saturated carbocycles. The monoisotopic (exact) mass is 220 g/mol. The van der Waals surface area contributed by atoms with Gasteiger partial charge in [0.15, 0.2) is 11.6 Å². The van der Waals surface area contributed by atoms with Crippen molar-refractivity contribution in [3.63, 3.8) is 0 Å². The maximum absolute atomic E-state index is 13.3. The highest BCUT2D eigenvalue weighted by Gasteiger charge is 2.06. The van der Waals surface area contributed by atoms with E-state index < -0.39 is 11.7 Å². The predicted octanol–water partition coefficient (Wildman–Crippen LogP) is 1.23. The second-order valence-electron chi connectivity index (χ2n) is 2.93. The van der Waals surface area contributed by atoms with Crippen LogP contribution in [0.15, 0.2) is 23.8 Å². The molecule has 1 aromatic carbocycles. The Balaban J connectivity index is 3.12. The Morgan fingerprint density at radius 2 is 2.31 bits per heavy atom. The number of amides is 1. The Morgan fingerprint density at radius 3 is 2.75 bits per heavy atom. The quantitative estimate of drug-likeness (QED) is 0.614. The summed E-state index contributed by atoms with van der Waals surface area (Å²) in [6.45, 7) is 0. The highest BCUT2D eigenvalue weighted by atomic mass is 19.1. The Labute approximate surface area is 91.7 Å². The van der Waals surface area contributed by atoms with Gasteiger partial charge in [-0.15, -0.1) is 0 Å². The summed E-state index contributed by atoms with van der Waals surface area (Å²) in [5.41, 5.74) is 5.08. The van der Waals surface area contributed by atoms with Crippen molar-refractivity contribution in [2.45, 2.75) is 0 Å². The average molecular weight is 220 g/mol. The van der Waals surface area contributed by atoms with Gasteiger partial charge in [0.25, 0.3) is 5.91 Å². The molecule has 0 aliphatic heterocycles. The maximum Gasteiger partial charge on any atom is 0.259 e. The van der Waals surface area contributed by atoms with Crippen LogP contribution < -0.4 is 10.5 Å². The topological polar surface area (TPSA) is 76.1 Å². The lowest BCUT2D eigenvalue weighted by atomic mass is 10.1. The Hall–Kier alpha value is -2.35. The maximum atomic E-state index is 13.3. The summed E-state index contributed by atoms with van der Waals surface area (Å²) in [6.07, 6.45) is 1.21. The summed E-state index contributed by atoms with van der Waals surface area (Å²) in [5, 5.41) is 8.59. The molecule has 0 atom stereocenters. The van der Waals surface area contributed by atoms with Crippen molar-refractivity contribution >= 4 is 12.0 Å². The van der Waals surface area contributed by atoms with Crippen molar-refractivity contribution in [2.24, 2.45) is 5.73 Å². The molecule has 4 nitrogen and oxygen atoms in total. The predicted molar refractivity (Wildman–Crippen MR) is 55.7 cm³/mol. The van der Waals surface area contributed by atoms with E-state index in [0.717, 1.165) is 6.07 Å². The summed E-state index contributed by atoms with van der Waals surface area (Å²) < 4.78 is 18.0. The van der Waals surface area contributed by atoms with E-state index in [0.29, 0.717) is 5.56 Å². The molecule has 0 saturated heterocycles. The van der Waals surface area contributed by atoms with Crippen LogP contribution in [0.1, 0.15) is 5.56 Å². The van der Waals surface area contributed by atoms with Crippen molar-refractivity contribution < 1.29 is 13.9 Å². The summed E-state index contributed by atoms with van der Waals surface area (Å²) in [7, 11) is 1.35. The zero-order valence-electron chi connectivity index (χ0n) is 8.53. The van der Waals surface area contributed by atoms with Crippen LogP contribution in [-0.4, -0.2) is 13.0 Å². The normalized spacial score (nSPS) is 10.7. The van der Waals surface area contributed by atoms with E-state index in [2.05, 4.69) is 0 Å². The van der Waals surface area contributed by atoms with Gasteiger partial charge in [0.1, 0.15) is 11.6 Å². The van der Waals surface area contributed by atoms with Crippen LogP contribution >= 0.6 is 0 Å². The fourth-order valence-corrected chi connectivity index (χ4v) is 1.10. The van der Waals surface area contributed by atoms with Gasteiger partial charge >= 0.3 is 0 Å². The second kappa shape index (κ2) is 4.94. The van der Waals surface area contributed by atoms with Gasteiger partial charge in [-0.25, -0.2) is 4.39 Å². The SMILES string of the molecule is COc1ccc(/C=C(\C#N)C(N)=O)cc1F. The molecule has 1 aromatic rings. The highest BCUT2D eigenvalue weighted by molar-refractivity contribution is 6.00. The third kappa shape index (κ3) is 2.58. The Bertz CT molecular complexity index is 489. The molecular formula is C11H9FN2O2. The van der Waals surface area contributed by atoms with E-state index in [1.165, 1.54) is 25.3 Å². The zero-order valence-corrected chi connectivity index (χ0v) is 8.53. The molecule has 0 unspecified atom stereocenters. The Morgan fingerprint density at radius 1 is 1.62 bits per heavy atom. The molecule has 2 N–H and O–H groups in total. The van der Waals surface area contributed by atoms with Crippen LogP contribution in [0.25, 0.3) is 6.08 Å². The van der Waals surface area contributed by atoms with E-state index in [4.69, 9.17) is 15.7 Å². The number of halogens is 1. The van der Waals surface area contributed by atoms with Crippen LogP contribution in [0.5, 0.6) is 5.75 Å². The van der Waals surface area contributed by atoms with E-state index in [1.807, 2.05) is 0 Å². The third-order valence-electron chi connectivity index (χ3n) is 1.87. The van der Waals surface area contributed by atoms with Crippen molar-refractivity contribution in [1.29, 1.82) is 5.26 Å². The number of nitrogens with zero attached hydrogens (tertiary/aromatic N) is 1. The molecule has 0 aliphatic carbocycles.